The molecule has 0 unspecified atom stereocenters. The van der Waals surface area contributed by atoms with Crippen LogP contribution in [0, 0.1) is 42.8 Å². The number of ether oxygens (including phenoxy) is 8. The highest BCUT2D eigenvalue weighted by Crippen LogP contribution is 2.39. The summed E-state index contributed by atoms with van der Waals surface area (Å²) in [5.74, 6) is -1.53. The molecule has 0 aliphatic heterocycles. The molecule has 0 N–H and O–H groups in total. The van der Waals surface area contributed by atoms with Crippen molar-refractivity contribution < 1.29 is 76.3 Å². The van der Waals surface area contributed by atoms with Crippen LogP contribution in [0.15, 0.2) is 447 Å². The monoisotopic (exact) mass is 3360 g/mol. The van der Waals surface area contributed by atoms with E-state index in [9.17, 15) is 38.4 Å². The van der Waals surface area contributed by atoms with E-state index in [1.54, 1.807) is 12.1 Å². The maximum absolute atomic E-state index is 12.5. The molecule has 16 aromatic carbocycles. The topological polar surface area (TPSA) is 210 Å². The Morgan fingerprint density at radius 1 is 0.178 bits per heavy atom. The van der Waals surface area contributed by atoms with Gasteiger partial charge >= 0.3 is 47.8 Å². The molecule has 0 radical (unpaired) electrons. The predicted octanol–water partition coefficient (Wildman–Crippen LogP) is 31.8. The van der Waals surface area contributed by atoms with Gasteiger partial charge in [-0.15, -0.1) is 0 Å². The fourth-order valence-corrected chi connectivity index (χ4v) is 31.4. The van der Waals surface area contributed by atoms with Gasteiger partial charge in [0, 0.05) is 55.7 Å². The zero-order valence-electron chi connectivity index (χ0n) is 76.7. The summed E-state index contributed by atoms with van der Waals surface area (Å²) in [4.78, 5) is 114. The molecule has 16 rings (SSSR count). The third kappa shape index (κ3) is 34.7. The van der Waals surface area contributed by atoms with E-state index in [1.807, 2.05) is 255 Å². The number of hydrogen-bond donors (Lipinski definition) is 0. The van der Waals surface area contributed by atoms with Crippen molar-refractivity contribution in [3.8, 4) is 23.0 Å². The summed E-state index contributed by atoms with van der Waals surface area (Å²) in [5, 5.41) is 0. The maximum Gasteiger partial charge on any atom is 0.349 e. The molecule has 0 amide bonds. The minimum absolute atomic E-state index is 0.0248. The van der Waals surface area contributed by atoms with E-state index >= 15 is 0 Å². The lowest BCUT2D eigenvalue weighted by Crippen LogP contribution is -2.20. The van der Waals surface area contributed by atoms with Crippen molar-refractivity contribution in [2.75, 3.05) is 26.4 Å². The smallest absolute Gasteiger partial charge is 0.349 e. The van der Waals surface area contributed by atoms with E-state index < -0.39 is 30.5 Å². The highest BCUT2D eigenvalue weighted by Gasteiger charge is 2.34. The molecular weight excluding hydrogens is 3280 g/mol. The molecule has 740 valence electrons. The molecule has 0 bridgehead atoms. The molecule has 0 saturated carbocycles. The summed E-state index contributed by atoms with van der Waals surface area (Å²) in [6, 6.07) is 129. The fraction of sp³-hybridized carbons (Fsp3) is 0.0877. The number of halogens is 12. The van der Waals surface area contributed by atoms with Gasteiger partial charge in [0.2, 0.25) is 0 Å². The Morgan fingerprint density at radius 2 is 0.363 bits per heavy atom. The van der Waals surface area contributed by atoms with Gasteiger partial charge in [-0.25, -0.2) is 24.0 Å². The highest BCUT2D eigenvalue weighted by atomic mass is 127. The van der Waals surface area contributed by atoms with Crippen LogP contribution >= 0.6 is 271 Å². The largest absolute Gasteiger partial charge is 0.462 e. The normalized spacial score (nSPS) is 10.8. The zero-order valence-corrected chi connectivity index (χ0v) is 106. The first kappa shape index (κ1) is 117. The Labute approximate surface area is 1020 Å². The Bertz CT molecular complexity index is 6970. The summed E-state index contributed by atoms with van der Waals surface area (Å²) in [7, 11) is -1.06. The van der Waals surface area contributed by atoms with Crippen LogP contribution in [0.2, 0.25) is 0 Å². The van der Waals surface area contributed by atoms with Gasteiger partial charge in [-0.3, -0.25) is 14.4 Å². The number of esters is 8. The van der Waals surface area contributed by atoms with E-state index in [4.69, 9.17) is 37.9 Å². The standard InChI is InChI=1S/C30H24I3O4S.C29H22I3O4S.C28H20I3O4S.C27H18I3O4S/c31-25-18-19-26(32)29(33)28(25)30(35)36-20-8-7-13-27(34)37-21-14-16-24(17-15-21)38(22-9-3-1-4-10-22)23-11-5-2-6-12-23;30-24-17-18-25(31)28(32)27(24)29(34)35-19-7-12-26(33)36-20-13-15-23(16-14-20)37(21-8-3-1-4-9-21)22-10-5-2-6-11-22;29-23-15-16-24(30)27(31)26(23)28(33)34-18-17-25(32)35-19-11-13-22(14-12-19)36(20-7-3-1-4-8-20)21-9-5-2-6-10-21;28-22-15-16-23(29)26(30)25(22)27(32)33-17-24(31)34-18-11-13-21(14-12-18)35(19-7-3-1-4-8-19)20-9-5-2-6-10-20/h1-6,9-12,14-19H,7-8,13,20H2;1-6,8-11,13-18H,7,12,19H2;1-16H,17-18H2;1-16H,17H2/q4*+1. The van der Waals surface area contributed by atoms with Gasteiger partial charge in [0.25, 0.3) is 0 Å². The van der Waals surface area contributed by atoms with Crippen molar-refractivity contribution in [2.24, 2.45) is 0 Å². The van der Waals surface area contributed by atoms with Gasteiger partial charge in [-0.2, -0.15) is 0 Å². The van der Waals surface area contributed by atoms with Crippen molar-refractivity contribution in [1.82, 2.24) is 0 Å². The Hall–Kier alpha value is -6.56. The molecule has 0 spiro atoms. The van der Waals surface area contributed by atoms with Crippen LogP contribution in [0.5, 0.6) is 23.0 Å². The lowest BCUT2D eigenvalue weighted by molar-refractivity contribution is -0.138. The van der Waals surface area contributed by atoms with Crippen molar-refractivity contribution in [2.45, 2.75) is 97.3 Å². The van der Waals surface area contributed by atoms with E-state index in [0.29, 0.717) is 64.5 Å². The second-order valence-electron chi connectivity index (χ2n) is 30.7. The van der Waals surface area contributed by atoms with Crippen LogP contribution in [-0.2, 0) is 81.7 Å². The van der Waals surface area contributed by atoms with Crippen LogP contribution < -0.4 is 18.9 Å². The summed E-state index contributed by atoms with van der Waals surface area (Å²) in [6.07, 6.45) is 1.96. The highest BCUT2D eigenvalue weighted by molar-refractivity contribution is 14.1. The predicted molar refractivity (Wildman–Crippen MR) is 676 cm³/mol. The van der Waals surface area contributed by atoms with Gasteiger partial charge in [0.1, 0.15) is 29.6 Å². The van der Waals surface area contributed by atoms with Crippen LogP contribution in [0.4, 0.5) is 0 Å². The maximum atomic E-state index is 12.5. The average Bonchev–Trinajstić information content (AvgIpc) is 0.847. The summed E-state index contributed by atoms with van der Waals surface area (Å²) >= 11 is 25.8. The molecule has 0 atom stereocenters. The third-order valence-electron chi connectivity index (χ3n) is 20.6. The molecule has 0 aliphatic carbocycles. The number of benzene rings is 16. The average molecular weight is 3360 g/mol. The van der Waals surface area contributed by atoms with Gasteiger partial charge in [0.15, 0.2) is 65.4 Å². The van der Waals surface area contributed by atoms with Crippen LogP contribution in [0.3, 0.4) is 0 Å². The van der Waals surface area contributed by atoms with Gasteiger partial charge < -0.3 is 37.9 Å². The Morgan fingerprint density at radius 3 is 0.603 bits per heavy atom. The van der Waals surface area contributed by atoms with Crippen LogP contribution in [0.25, 0.3) is 0 Å². The molecule has 0 saturated heterocycles. The number of carbonyl (C=O) groups excluding carboxylic acids is 8. The molecular formula is C114H84I12O16S4+4. The molecule has 0 fully saturated rings. The number of hydrogen-bond acceptors (Lipinski definition) is 16. The Balaban J connectivity index is 0.000000163. The molecule has 16 nitrogen and oxygen atoms in total. The number of unbranched alkanes of at least 4 members (excludes halogenated alkanes) is 1. The molecule has 0 aliphatic rings. The zero-order chi connectivity index (χ0) is 103. The molecule has 32 heteroatoms. The molecule has 0 heterocycles. The fourth-order valence-electron chi connectivity index (χ4n) is 13.8. The van der Waals surface area contributed by atoms with Crippen molar-refractivity contribution in [1.29, 1.82) is 0 Å². The quantitative estimate of drug-likeness (QED) is 0.00698. The van der Waals surface area contributed by atoms with Gasteiger partial charge in [0.05, 0.1) is 85.5 Å². The first-order valence-corrected chi connectivity index (χ1v) is 62.4. The van der Waals surface area contributed by atoms with Crippen LogP contribution in [0.1, 0.15) is 80.0 Å². The van der Waals surface area contributed by atoms with Crippen molar-refractivity contribution in [3.05, 3.63) is 453 Å². The lowest BCUT2D eigenvalue weighted by Gasteiger charge is -2.10. The summed E-state index contributed by atoms with van der Waals surface area (Å²) in [6.45, 7) is -0.0866. The van der Waals surface area contributed by atoms with E-state index in [1.165, 1.54) is 39.2 Å². The number of carbonyl (C=O) groups is 8. The molecule has 0 aromatic heterocycles. The SMILES string of the molecule is O=C(CCCCOC(=O)c1c(I)ccc(I)c1I)Oc1ccc([S+](c2ccccc2)c2ccccc2)cc1.O=C(CCCOC(=O)c1c(I)ccc(I)c1I)Oc1ccc([S+](c2ccccc2)c2ccccc2)cc1.O=C(CCOC(=O)c1c(I)ccc(I)c1I)Oc1ccc([S+](c2ccccc2)c2ccccc2)cc1.O=C(COC(=O)c1c(I)ccc(I)c1I)Oc1ccc([S+](c2ccccc2)c2ccccc2)cc1. The lowest BCUT2D eigenvalue weighted by atomic mass is 10.2. The minimum Gasteiger partial charge on any atom is -0.462 e. The van der Waals surface area contributed by atoms with E-state index in [2.05, 4.69) is 392 Å². The minimum atomic E-state index is -0.633. The summed E-state index contributed by atoms with van der Waals surface area (Å²) < 4.78 is 54.1. The summed E-state index contributed by atoms with van der Waals surface area (Å²) in [5.41, 5.74) is 2.16. The van der Waals surface area contributed by atoms with E-state index in [0.717, 1.165) is 62.4 Å². The van der Waals surface area contributed by atoms with Crippen molar-refractivity contribution >= 4 is 362 Å². The molecule has 16 aromatic rings. The van der Waals surface area contributed by atoms with Gasteiger partial charge in [-0.1, -0.05) is 146 Å². The first-order chi connectivity index (χ1) is 70.7. The molecule has 146 heavy (non-hydrogen) atoms. The second kappa shape index (κ2) is 60.8. The van der Waals surface area contributed by atoms with Crippen molar-refractivity contribution in [3.63, 3.8) is 0 Å². The third-order valence-corrected chi connectivity index (χ3v) is 45.3. The van der Waals surface area contributed by atoms with Gasteiger partial charge in [-0.05, 0) is 533 Å². The van der Waals surface area contributed by atoms with E-state index in [-0.39, 0.29) is 107 Å². The number of rotatable bonds is 34. The Kier molecular flexibility index (Phi) is 48.5. The first-order valence-electron chi connectivity index (χ1n) is 44.6. The second-order valence-corrected chi connectivity index (χ2v) is 52.4. The van der Waals surface area contributed by atoms with Crippen LogP contribution in [-0.4, -0.2) is 74.2 Å².